The van der Waals surface area contributed by atoms with Crippen LogP contribution in [0, 0.1) is 0 Å². The van der Waals surface area contributed by atoms with Crippen LogP contribution >= 0.6 is 11.3 Å². The zero-order valence-electron chi connectivity index (χ0n) is 16.3. The fraction of sp³-hybridized carbons (Fsp3) is 0.318. The van der Waals surface area contributed by atoms with E-state index in [2.05, 4.69) is 16.3 Å². The van der Waals surface area contributed by atoms with E-state index in [9.17, 15) is 9.59 Å². The second kappa shape index (κ2) is 8.71. The van der Waals surface area contributed by atoms with Crippen LogP contribution in [0.4, 0.5) is 5.69 Å². The molecule has 150 valence electrons. The Morgan fingerprint density at radius 2 is 2.00 bits per heavy atom. The van der Waals surface area contributed by atoms with Gasteiger partial charge in [-0.1, -0.05) is 12.1 Å². The van der Waals surface area contributed by atoms with Gasteiger partial charge in [-0.2, -0.15) is 0 Å². The number of carbonyl (C=O) groups is 2. The van der Waals surface area contributed by atoms with Crippen molar-refractivity contribution in [2.45, 2.75) is 25.8 Å². The molecule has 29 heavy (non-hydrogen) atoms. The normalized spacial score (nSPS) is 16.8. The fourth-order valence-electron chi connectivity index (χ4n) is 3.62. The molecule has 7 heteroatoms. The minimum Gasteiger partial charge on any atom is -0.462 e. The predicted octanol–water partition coefficient (Wildman–Crippen LogP) is 4.25. The summed E-state index contributed by atoms with van der Waals surface area (Å²) in [4.78, 5) is 31.3. The summed E-state index contributed by atoms with van der Waals surface area (Å²) in [6, 6.07) is 15.1. The van der Waals surface area contributed by atoms with E-state index < -0.39 is 0 Å². The number of carbonyl (C=O) groups excluding carboxylic acids is 2. The van der Waals surface area contributed by atoms with Crippen LogP contribution in [-0.4, -0.2) is 41.5 Å². The van der Waals surface area contributed by atoms with Crippen molar-refractivity contribution in [3.8, 4) is 0 Å². The van der Waals surface area contributed by atoms with Gasteiger partial charge in [0, 0.05) is 5.69 Å². The molecule has 6 nitrogen and oxygen atoms in total. The van der Waals surface area contributed by atoms with Crippen molar-refractivity contribution in [2.75, 3.05) is 25.0 Å². The smallest absolute Gasteiger partial charge is 0.338 e. The van der Waals surface area contributed by atoms with Crippen LogP contribution in [-0.2, 0) is 9.53 Å². The van der Waals surface area contributed by atoms with Gasteiger partial charge < -0.3 is 10.1 Å². The zero-order valence-corrected chi connectivity index (χ0v) is 17.1. The van der Waals surface area contributed by atoms with Gasteiger partial charge in [-0.05, 0) is 62.7 Å². The lowest BCUT2D eigenvalue weighted by molar-refractivity contribution is -0.117. The molecular formula is C22H23N3O3S. The summed E-state index contributed by atoms with van der Waals surface area (Å²) in [6.07, 6.45) is 2.07. The number of hydrogen-bond acceptors (Lipinski definition) is 6. The number of ether oxygens (including phenoxy) is 1. The molecule has 0 spiro atoms. The van der Waals surface area contributed by atoms with Crippen molar-refractivity contribution >= 4 is 39.1 Å². The lowest BCUT2D eigenvalue weighted by atomic mass is 10.2. The molecule has 2 aromatic carbocycles. The first-order chi connectivity index (χ1) is 14.1. The van der Waals surface area contributed by atoms with Crippen LogP contribution in [0.5, 0.6) is 0 Å². The van der Waals surface area contributed by atoms with Gasteiger partial charge in [-0.3, -0.25) is 9.69 Å². The topological polar surface area (TPSA) is 71.5 Å². The summed E-state index contributed by atoms with van der Waals surface area (Å²) < 4.78 is 6.16. The Hall–Kier alpha value is -2.77. The Morgan fingerprint density at radius 3 is 2.76 bits per heavy atom. The largest absolute Gasteiger partial charge is 0.462 e. The van der Waals surface area contributed by atoms with Gasteiger partial charge >= 0.3 is 5.97 Å². The highest BCUT2D eigenvalue weighted by Crippen LogP contribution is 2.36. The number of para-hydroxylation sites is 1. The molecule has 1 atom stereocenters. The number of benzene rings is 2. The summed E-state index contributed by atoms with van der Waals surface area (Å²) >= 11 is 1.71. The van der Waals surface area contributed by atoms with E-state index in [1.807, 2.05) is 18.2 Å². The number of aromatic nitrogens is 1. The zero-order chi connectivity index (χ0) is 20.2. The number of anilines is 1. The molecule has 0 bridgehead atoms. The Balaban J connectivity index is 1.39. The average molecular weight is 410 g/mol. The van der Waals surface area contributed by atoms with E-state index in [0.717, 1.165) is 29.9 Å². The van der Waals surface area contributed by atoms with Gasteiger partial charge in [-0.25, -0.2) is 9.78 Å². The van der Waals surface area contributed by atoms with Gasteiger partial charge in [0.25, 0.3) is 0 Å². The van der Waals surface area contributed by atoms with Crippen molar-refractivity contribution in [3.63, 3.8) is 0 Å². The first kappa shape index (κ1) is 19.5. The molecule has 0 aliphatic carbocycles. The molecule has 0 saturated carbocycles. The molecule has 3 aromatic rings. The SMILES string of the molecule is CCOC(=O)c1ccc(NC(=O)CN2CCC[C@H]2c2nc3ccccc3s2)cc1. The third kappa shape index (κ3) is 4.46. The molecule has 4 rings (SSSR count). The van der Waals surface area contributed by atoms with Crippen LogP contribution in [0.3, 0.4) is 0 Å². The van der Waals surface area contributed by atoms with E-state index in [-0.39, 0.29) is 17.9 Å². The first-order valence-corrected chi connectivity index (χ1v) is 10.6. The average Bonchev–Trinajstić information content (AvgIpc) is 3.35. The predicted molar refractivity (Wildman–Crippen MR) is 114 cm³/mol. The summed E-state index contributed by atoms with van der Waals surface area (Å²) in [5.74, 6) is -0.428. The van der Waals surface area contributed by atoms with Gasteiger partial charge in [0.1, 0.15) is 5.01 Å². The van der Waals surface area contributed by atoms with E-state index in [4.69, 9.17) is 9.72 Å². The van der Waals surface area contributed by atoms with E-state index in [0.29, 0.717) is 24.4 Å². The second-order valence-electron chi connectivity index (χ2n) is 6.99. The molecule has 1 saturated heterocycles. The third-order valence-electron chi connectivity index (χ3n) is 4.99. The molecule has 1 aliphatic rings. The fourth-order valence-corrected chi connectivity index (χ4v) is 4.75. The van der Waals surface area contributed by atoms with Gasteiger partial charge in [-0.15, -0.1) is 11.3 Å². The number of likely N-dealkylation sites (tertiary alicyclic amines) is 1. The summed E-state index contributed by atoms with van der Waals surface area (Å²) in [7, 11) is 0. The summed E-state index contributed by atoms with van der Waals surface area (Å²) in [5, 5.41) is 3.99. The molecule has 1 amide bonds. The Bertz CT molecular complexity index is 983. The quantitative estimate of drug-likeness (QED) is 0.616. The van der Waals surface area contributed by atoms with Crippen LogP contribution in [0.1, 0.15) is 41.2 Å². The molecule has 0 radical (unpaired) electrons. The molecule has 2 heterocycles. The van der Waals surface area contributed by atoms with Crippen molar-refractivity contribution in [1.82, 2.24) is 9.88 Å². The Labute approximate surface area is 173 Å². The molecule has 1 aromatic heterocycles. The maximum atomic E-state index is 12.6. The van der Waals surface area contributed by atoms with Crippen molar-refractivity contribution < 1.29 is 14.3 Å². The number of thiazole rings is 1. The maximum absolute atomic E-state index is 12.6. The van der Waals surface area contributed by atoms with Crippen LogP contribution in [0.15, 0.2) is 48.5 Å². The molecular weight excluding hydrogens is 386 g/mol. The first-order valence-electron chi connectivity index (χ1n) is 9.80. The minimum absolute atomic E-state index is 0.0677. The molecule has 1 N–H and O–H groups in total. The summed E-state index contributed by atoms with van der Waals surface area (Å²) in [5.41, 5.74) is 2.16. The van der Waals surface area contributed by atoms with E-state index >= 15 is 0 Å². The number of hydrogen-bond donors (Lipinski definition) is 1. The third-order valence-corrected chi connectivity index (χ3v) is 6.12. The Morgan fingerprint density at radius 1 is 1.21 bits per heavy atom. The van der Waals surface area contributed by atoms with Gasteiger partial charge in [0.2, 0.25) is 5.91 Å². The number of esters is 1. The van der Waals surface area contributed by atoms with Gasteiger partial charge in [0.15, 0.2) is 0 Å². The number of amides is 1. The highest BCUT2D eigenvalue weighted by Gasteiger charge is 2.30. The van der Waals surface area contributed by atoms with Crippen molar-refractivity contribution in [1.29, 1.82) is 0 Å². The lowest BCUT2D eigenvalue weighted by Crippen LogP contribution is -2.32. The van der Waals surface area contributed by atoms with Crippen LogP contribution in [0.25, 0.3) is 10.2 Å². The second-order valence-corrected chi connectivity index (χ2v) is 8.06. The number of nitrogens with one attached hydrogen (secondary N) is 1. The van der Waals surface area contributed by atoms with Crippen molar-refractivity contribution in [3.05, 3.63) is 59.1 Å². The van der Waals surface area contributed by atoms with Crippen LogP contribution in [0.2, 0.25) is 0 Å². The van der Waals surface area contributed by atoms with Crippen molar-refractivity contribution in [2.24, 2.45) is 0 Å². The Kier molecular flexibility index (Phi) is 5.87. The summed E-state index contributed by atoms with van der Waals surface area (Å²) in [6.45, 7) is 3.31. The highest BCUT2D eigenvalue weighted by atomic mass is 32.1. The maximum Gasteiger partial charge on any atom is 0.338 e. The number of fused-ring (bicyclic) bond motifs is 1. The monoisotopic (exact) mass is 409 g/mol. The van der Waals surface area contributed by atoms with E-state index in [1.165, 1.54) is 4.70 Å². The molecule has 1 aliphatic heterocycles. The number of rotatable bonds is 6. The lowest BCUT2D eigenvalue weighted by Gasteiger charge is -2.22. The van der Waals surface area contributed by atoms with Crippen LogP contribution < -0.4 is 5.32 Å². The van der Waals surface area contributed by atoms with E-state index in [1.54, 1.807) is 42.5 Å². The number of nitrogens with zero attached hydrogens (tertiary/aromatic N) is 2. The standard InChI is InChI=1S/C22H23N3O3S/c1-2-28-22(27)15-9-11-16(12-10-15)23-20(26)14-25-13-5-7-18(25)21-24-17-6-3-4-8-19(17)29-21/h3-4,6,8-12,18H,2,5,7,13-14H2,1H3,(H,23,26)/t18-/m0/s1. The molecule has 0 unspecified atom stereocenters. The highest BCUT2D eigenvalue weighted by molar-refractivity contribution is 7.18. The van der Waals surface area contributed by atoms with Gasteiger partial charge in [0.05, 0.1) is 35.0 Å². The minimum atomic E-state index is -0.360. The molecule has 1 fully saturated rings.